The molecule has 2 aromatic heterocycles. The fourth-order valence-electron chi connectivity index (χ4n) is 2.30. The molecule has 0 saturated heterocycles. The Bertz CT molecular complexity index is 902. The standard InChI is InChI=1S/C19H20N4O2S2/c1-12(2)22-19(25)23-14-7-5-13(6-8-14)10-20-17(24)16-11-21-18(27-16)15-4-3-9-26-15/h3-9,11-12H,10H2,1-2H3,(H,20,24)(H2,22,23,25). The molecule has 0 saturated carbocycles. The third-order valence-corrected chi connectivity index (χ3v) is 5.58. The number of aromatic nitrogens is 1. The second kappa shape index (κ2) is 8.79. The lowest BCUT2D eigenvalue weighted by Gasteiger charge is -2.10. The van der Waals surface area contributed by atoms with Crippen molar-refractivity contribution in [2.24, 2.45) is 0 Å². The molecule has 0 aliphatic carbocycles. The molecular formula is C19H20N4O2S2. The van der Waals surface area contributed by atoms with E-state index in [1.807, 2.05) is 55.6 Å². The molecule has 0 fully saturated rings. The van der Waals surface area contributed by atoms with E-state index in [0.717, 1.165) is 15.4 Å². The van der Waals surface area contributed by atoms with Crippen molar-refractivity contribution in [2.45, 2.75) is 26.4 Å². The number of thiazole rings is 1. The third kappa shape index (κ3) is 5.38. The van der Waals surface area contributed by atoms with Crippen molar-refractivity contribution in [1.29, 1.82) is 0 Å². The van der Waals surface area contributed by atoms with E-state index < -0.39 is 0 Å². The zero-order chi connectivity index (χ0) is 19.2. The fraction of sp³-hybridized carbons (Fsp3) is 0.211. The van der Waals surface area contributed by atoms with Crippen LogP contribution < -0.4 is 16.0 Å². The average Bonchev–Trinajstić information content (AvgIpc) is 3.31. The zero-order valence-corrected chi connectivity index (χ0v) is 16.6. The summed E-state index contributed by atoms with van der Waals surface area (Å²) in [6.45, 7) is 4.21. The van der Waals surface area contributed by atoms with Crippen molar-refractivity contribution in [3.63, 3.8) is 0 Å². The van der Waals surface area contributed by atoms with Crippen LogP contribution in [0.2, 0.25) is 0 Å². The van der Waals surface area contributed by atoms with Gasteiger partial charge in [0.05, 0.1) is 11.1 Å². The van der Waals surface area contributed by atoms with Gasteiger partial charge in [-0.15, -0.1) is 22.7 Å². The first-order chi connectivity index (χ1) is 13.0. The van der Waals surface area contributed by atoms with E-state index in [2.05, 4.69) is 20.9 Å². The highest BCUT2D eigenvalue weighted by Crippen LogP contribution is 2.28. The number of anilines is 1. The molecule has 0 bridgehead atoms. The van der Waals surface area contributed by atoms with Crippen LogP contribution in [0.25, 0.3) is 9.88 Å². The van der Waals surface area contributed by atoms with Crippen molar-refractivity contribution < 1.29 is 9.59 Å². The molecule has 0 radical (unpaired) electrons. The van der Waals surface area contributed by atoms with Gasteiger partial charge in [-0.25, -0.2) is 9.78 Å². The van der Waals surface area contributed by atoms with Crippen molar-refractivity contribution in [2.75, 3.05) is 5.32 Å². The summed E-state index contributed by atoms with van der Waals surface area (Å²) in [5.74, 6) is -0.145. The number of nitrogens with one attached hydrogen (secondary N) is 3. The highest BCUT2D eigenvalue weighted by molar-refractivity contribution is 7.21. The first kappa shape index (κ1) is 19.1. The fourth-order valence-corrected chi connectivity index (χ4v) is 3.93. The molecule has 140 valence electrons. The lowest BCUT2D eigenvalue weighted by atomic mass is 10.2. The minimum atomic E-state index is -0.238. The lowest BCUT2D eigenvalue weighted by molar-refractivity contribution is 0.0954. The van der Waals surface area contributed by atoms with Gasteiger partial charge in [-0.1, -0.05) is 18.2 Å². The second-order valence-electron chi connectivity index (χ2n) is 6.14. The minimum absolute atomic E-state index is 0.0755. The van der Waals surface area contributed by atoms with Gasteiger partial charge in [0.1, 0.15) is 9.88 Å². The van der Waals surface area contributed by atoms with Gasteiger partial charge in [-0.3, -0.25) is 4.79 Å². The van der Waals surface area contributed by atoms with Gasteiger partial charge < -0.3 is 16.0 Å². The molecule has 8 heteroatoms. The predicted molar refractivity (Wildman–Crippen MR) is 110 cm³/mol. The SMILES string of the molecule is CC(C)NC(=O)Nc1ccc(CNC(=O)c2cnc(-c3cccs3)s2)cc1. The maximum Gasteiger partial charge on any atom is 0.319 e. The van der Waals surface area contributed by atoms with Crippen molar-refractivity contribution >= 4 is 40.3 Å². The monoisotopic (exact) mass is 400 g/mol. The molecular weight excluding hydrogens is 380 g/mol. The first-order valence-electron chi connectivity index (χ1n) is 8.45. The summed E-state index contributed by atoms with van der Waals surface area (Å²) in [5, 5.41) is 11.3. The van der Waals surface area contributed by atoms with Crippen LogP contribution in [-0.2, 0) is 6.54 Å². The van der Waals surface area contributed by atoms with E-state index in [-0.39, 0.29) is 18.0 Å². The van der Waals surface area contributed by atoms with Crippen LogP contribution in [-0.4, -0.2) is 23.0 Å². The normalized spacial score (nSPS) is 10.6. The molecule has 2 heterocycles. The number of urea groups is 1. The summed E-state index contributed by atoms with van der Waals surface area (Å²) in [5.41, 5.74) is 1.65. The second-order valence-corrected chi connectivity index (χ2v) is 8.12. The average molecular weight is 401 g/mol. The Morgan fingerprint density at radius 2 is 1.93 bits per heavy atom. The largest absolute Gasteiger partial charge is 0.347 e. The number of carbonyl (C=O) groups excluding carboxylic acids is 2. The van der Waals surface area contributed by atoms with E-state index in [0.29, 0.717) is 17.1 Å². The minimum Gasteiger partial charge on any atom is -0.347 e. The first-order valence-corrected chi connectivity index (χ1v) is 10.2. The summed E-state index contributed by atoms with van der Waals surface area (Å²) in [6, 6.07) is 11.1. The Morgan fingerprint density at radius 1 is 1.15 bits per heavy atom. The summed E-state index contributed by atoms with van der Waals surface area (Å²) in [6.07, 6.45) is 1.61. The van der Waals surface area contributed by atoms with Gasteiger partial charge in [0.25, 0.3) is 5.91 Å². The number of rotatable bonds is 6. The topological polar surface area (TPSA) is 83.1 Å². The van der Waals surface area contributed by atoms with Gasteiger partial charge in [0.2, 0.25) is 0 Å². The van der Waals surface area contributed by atoms with E-state index in [9.17, 15) is 9.59 Å². The van der Waals surface area contributed by atoms with Crippen LogP contribution >= 0.6 is 22.7 Å². The van der Waals surface area contributed by atoms with Crippen LogP contribution in [0.3, 0.4) is 0 Å². The molecule has 0 aliphatic rings. The van der Waals surface area contributed by atoms with Crippen molar-refractivity contribution in [1.82, 2.24) is 15.6 Å². The lowest BCUT2D eigenvalue weighted by Crippen LogP contribution is -2.34. The maximum atomic E-state index is 12.3. The number of hydrogen-bond acceptors (Lipinski definition) is 5. The van der Waals surface area contributed by atoms with E-state index in [1.54, 1.807) is 17.5 Å². The Balaban J connectivity index is 1.52. The van der Waals surface area contributed by atoms with Crippen LogP contribution in [0.4, 0.5) is 10.5 Å². The zero-order valence-electron chi connectivity index (χ0n) is 15.0. The van der Waals surface area contributed by atoms with Crippen molar-refractivity contribution in [3.05, 3.63) is 58.4 Å². The molecule has 3 aromatic rings. The summed E-state index contributed by atoms with van der Waals surface area (Å²) in [7, 11) is 0. The highest BCUT2D eigenvalue weighted by Gasteiger charge is 2.12. The molecule has 0 unspecified atom stereocenters. The Hall–Kier alpha value is -2.71. The Morgan fingerprint density at radius 3 is 2.59 bits per heavy atom. The van der Waals surface area contributed by atoms with Gasteiger partial charge in [0, 0.05) is 18.3 Å². The third-order valence-electron chi connectivity index (χ3n) is 3.55. The van der Waals surface area contributed by atoms with Crippen LogP contribution in [0.1, 0.15) is 29.1 Å². The highest BCUT2D eigenvalue weighted by atomic mass is 32.1. The van der Waals surface area contributed by atoms with Gasteiger partial charge in [-0.05, 0) is 43.0 Å². The molecule has 6 nitrogen and oxygen atoms in total. The molecule has 0 spiro atoms. The molecule has 1 aromatic carbocycles. The van der Waals surface area contributed by atoms with Gasteiger partial charge in [-0.2, -0.15) is 0 Å². The van der Waals surface area contributed by atoms with E-state index in [4.69, 9.17) is 0 Å². The number of thiophene rings is 1. The van der Waals surface area contributed by atoms with Crippen LogP contribution in [0.5, 0.6) is 0 Å². The number of benzene rings is 1. The molecule has 27 heavy (non-hydrogen) atoms. The molecule has 0 aliphatic heterocycles. The van der Waals surface area contributed by atoms with E-state index >= 15 is 0 Å². The van der Waals surface area contributed by atoms with Crippen LogP contribution in [0, 0.1) is 0 Å². The van der Waals surface area contributed by atoms with E-state index in [1.165, 1.54) is 11.3 Å². The molecule has 0 atom stereocenters. The van der Waals surface area contributed by atoms with Gasteiger partial charge >= 0.3 is 6.03 Å². The summed E-state index contributed by atoms with van der Waals surface area (Å²) < 4.78 is 0. The summed E-state index contributed by atoms with van der Waals surface area (Å²) >= 11 is 2.98. The predicted octanol–water partition coefficient (Wildman–Crippen LogP) is 4.33. The number of carbonyl (C=O) groups is 2. The molecule has 3 rings (SSSR count). The Kier molecular flexibility index (Phi) is 6.20. The Labute approximate surface area is 165 Å². The number of nitrogens with zero attached hydrogens (tertiary/aromatic N) is 1. The van der Waals surface area contributed by atoms with Crippen molar-refractivity contribution in [3.8, 4) is 9.88 Å². The number of hydrogen-bond donors (Lipinski definition) is 3. The summed E-state index contributed by atoms with van der Waals surface area (Å²) in [4.78, 5) is 30.0. The maximum absolute atomic E-state index is 12.3. The smallest absolute Gasteiger partial charge is 0.319 e. The van der Waals surface area contributed by atoms with Crippen LogP contribution in [0.15, 0.2) is 48.0 Å². The molecule has 3 amide bonds. The van der Waals surface area contributed by atoms with Gasteiger partial charge in [0.15, 0.2) is 0 Å². The quantitative estimate of drug-likeness (QED) is 0.576. The molecule has 3 N–H and O–H groups in total. The number of amides is 3.